The Morgan fingerprint density at radius 3 is 2.23 bits per heavy atom. The Morgan fingerprint density at radius 2 is 1.69 bits per heavy atom. The summed E-state index contributed by atoms with van der Waals surface area (Å²) in [4.78, 5) is 10.1. The number of nitrogens with zero attached hydrogens (tertiary/aromatic N) is 1. The van der Waals surface area contributed by atoms with Gasteiger partial charge in [-0.3, -0.25) is 10.1 Å². The molecule has 0 aliphatic rings. The molecule has 26 heavy (non-hydrogen) atoms. The molecule has 140 valence electrons. The van der Waals surface area contributed by atoms with Crippen LogP contribution in [0.3, 0.4) is 0 Å². The molecule has 2 aromatic carbocycles. The predicted octanol–water partition coefficient (Wildman–Crippen LogP) is 2.91. The van der Waals surface area contributed by atoms with E-state index < -0.39 is 21.0 Å². The Kier molecular flexibility index (Phi) is 6.84. The van der Waals surface area contributed by atoms with Crippen LogP contribution in [0.1, 0.15) is 19.4 Å². The van der Waals surface area contributed by atoms with Crippen molar-refractivity contribution in [3.63, 3.8) is 0 Å². The Labute approximate surface area is 153 Å². The fourth-order valence-corrected chi connectivity index (χ4v) is 3.60. The fourth-order valence-electron chi connectivity index (χ4n) is 2.38. The van der Waals surface area contributed by atoms with Gasteiger partial charge in [-0.2, -0.15) is 0 Å². The smallest absolute Gasteiger partial charge is 0.269 e. The first kappa shape index (κ1) is 20.0. The molecule has 0 amide bonds. The Bertz CT molecular complexity index is 820. The highest BCUT2D eigenvalue weighted by Crippen LogP contribution is 2.17. The summed E-state index contributed by atoms with van der Waals surface area (Å²) in [6.07, 6.45) is 0.442. The zero-order valence-electron chi connectivity index (χ0n) is 14.7. The fraction of sp³-hybridized carbons (Fsp3) is 0.333. The minimum absolute atomic E-state index is 0.0225. The molecule has 8 heteroatoms. The van der Waals surface area contributed by atoms with Gasteiger partial charge in [-0.1, -0.05) is 30.3 Å². The van der Waals surface area contributed by atoms with Crippen molar-refractivity contribution in [2.24, 2.45) is 0 Å². The van der Waals surface area contributed by atoms with Gasteiger partial charge < -0.3 is 4.74 Å². The van der Waals surface area contributed by atoms with Crippen molar-refractivity contribution in [2.45, 2.75) is 37.3 Å². The summed E-state index contributed by atoms with van der Waals surface area (Å²) in [7, 11) is -3.82. The van der Waals surface area contributed by atoms with Gasteiger partial charge in [0.15, 0.2) is 0 Å². The molecule has 0 aliphatic heterocycles. The number of sulfonamides is 1. The Morgan fingerprint density at radius 1 is 1.08 bits per heavy atom. The monoisotopic (exact) mass is 378 g/mol. The van der Waals surface area contributed by atoms with E-state index in [0.29, 0.717) is 6.42 Å². The molecule has 0 unspecified atom stereocenters. The summed E-state index contributed by atoms with van der Waals surface area (Å²) in [5, 5.41) is 10.7. The van der Waals surface area contributed by atoms with Gasteiger partial charge in [-0.25, -0.2) is 13.1 Å². The first-order valence-electron chi connectivity index (χ1n) is 8.20. The second kappa shape index (κ2) is 8.88. The molecule has 2 aromatic rings. The molecule has 7 nitrogen and oxygen atoms in total. The minimum atomic E-state index is -3.82. The number of benzene rings is 2. The molecular weight excluding hydrogens is 356 g/mol. The molecule has 1 N–H and O–H groups in total. The molecular formula is C18H22N2O5S. The van der Waals surface area contributed by atoms with E-state index in [-0.39, 0.29) is 23.3 Å². The Balaban J connectivity index is 2.17. The molecule has 2 rings (SSSR count). The standard InChI is InChI=1S/C18H22N2O5S/c1-14(2)25-13-16(12-15-6-4-3-5-7-15)19-26(23,24)18-10-8-17(9-11-18)20(21)22/h3-11,14,16,19H,12-13H2,1-2H3/t16-/m0/s1. The third kappa shape index (κ3) is 5.91. The number of hydrogen-bond acceptors (Lipinski definition) is 5. The maximum Gasteiger partial charge on any atom is 0.269 e. The van der Waals surface area contributed by atoms with Gasteiger partial charge in [0.1, 0.15) is 0 Å². The van der Waals surface area contributed by atoms with E-state index in [1.807, 2.05) is 44.2 Å². The number of nitro groups is 1. The van der Waals surface area contributed by atoms with E-state index >= 15 is 0 Å². The molecule has 0 spiro atoms. The predicted molar refractivity (Wildman–Crippen MR) is 98.4 cm³/mol. The largest absolute Gasteiger partial charge is 0.377 e. The van der Waals surface area contributed by atoms with E-state index in [4.69, 9.17) is 4.74 Å². The van der Waals surface area contributed by atoms with E-state index in [9.17, 15) is 18.5 Å². The topological polar surface area (TPSA) is 98.5 Å². The molecule has 0 radical (unpaired) electrons. The van der Waals surface area contributed by atoms with Crippen LogP contribution >= 0.6 is 0 Å². The lowest BCUT2D eigenvalue weighted by Crippen LogP contribution is -2.40. The van der Waals surface area contributed by atoms with E-state index in [0.717, 1.165) is 5.56 Å². The SMILES string of the molecule is CC(C)OC[C@H](Cc1ccccc1)NS(=O)(=O)c1ccc([N+](=O)[O-])cc1. The lowest BCUT2D eigenvalue weighted by Gasteiger charge is -2.20. The van der Waals surface area contributed by atoms with Crippen molar-refractivity contribution in [3.05, 3.63) is 70.3 Å². The number of ether oxygens (including phenoxy) is 1. The molecule has 0 aromatic heterocycles. The maximum atomic E-state index is 12.6. The summed E-state index contributed by atoms with van der Waals surface area (Å²) in [5.41, 5.74) is 0.823. The minimum Gasteiger partial charge on any atom is -0.377 e. The zero-order valence-corrected chi connectivity index (χ0v) is 15.5. The second-order valence-electron chi connectivity index (χ2n) is 6.14. The third-order valence-electron chi connectivity index (χ3n) is 3.64. The van der Waals surface area contributed by atoms with Gasteiger partial charge in [-0.15, -0.1) is 0 Å². The van der Waals surface area contributed by atoms with Crippen molar-refractivity contribution >= 4 is 15.7 Å². The van der Waals surface area contributed by atoms with Gasteiger partial charge in [-0.05, 0) is 38.0 Å². The highest BCUT2D eigenvalue weighted by molar-refractivity contribution is 7.89. The summed E-state index contributed by atoms with van der Waals surface area (Å²) in [6, 6.07) is 13.8. The van der Waals surface area contributed by atoms with Crippen LogP contribution in [0.2, 0.25) is 0 Å². The maximum absolute atomic E-state index is 12.6. The first-order chi connectivity index (χ1) is 12.3. The molecule has 1 atom stereocenters. The van der Waals surface area contributed by atoms with E-state index in [1.54, 1.807) is 0 Å². The van der Waals surface area contributed by atoms with Gasteiger partial charge in [0.2, 0.25) is 10.0 Å². The number of nitrogens with one attached hydrogen (secondary N) is 1. The summed E-state index contributed by atoms with van der Waals surface area (Å²) >= 11 is 0. The average molecular weight is 378 g/mol. The van der Waals surface area contributed by atoms with Crippen LogP contribution in [-0.2, 0) is 21.2 Å². The third-order valence-corrected chi connectivity index (χ3v) is 5.17. The molecule has 0 saturated heterocycles. The molecule has 0 bridgehead atoms. The highest BCUT2D eigenvalue weighted by atomic mass is 32.2. The summed E-state index contributed by atoms with van der Waals surface area (Å²) < 4.78 is 33.5. The number of non-ortho nitro benzene ring substituents is 1. The van der Waals surface area contributed by atoms with E-state index in [2.05, 4.69) is 4.72 Å². The lowest BCUT2D eigenvalue weighted by atomic mass is 10.1. The first-order valence-corrected chi connectivity index (χ1v) is 9.68. The number of hydrogen-bond donors (Lipinski definition) is 1. The van der Waals surface area contributed by atoms with Gasteiger partial charge >= 0.3 is 0 Å². The lowest BCUT2D eigenvalue weighted by molar-refractivity contribution is -0.384. The van der Waals surface area contributed by atoms with Crippen molar-refractivity contribution in [2.75, 3.05) is 6.61 Å². The van der Waals surface area contributed by atoms with Crippen molar-refractivity contribution in [1.29, 1.82) is 0 Å². The van der Waals surface area contributed by atoms with Crippen molar-refractivity contribution in [3.8, 4) is 0 Å². The second-order valence-corrected chi connectivity index (χ2v) is 7.86. The molecule has 0 saturated carbocycles. The number of rotatable bonds is 9. The van der Waals surface area contributed by atoms with Crippen LogP contribution < -0.4 is 4.72 Å². The zero-order chi connectivity index (χ0) is 19.2. The van der Waals surface area contributed by atoms with E-state index in [1.165, 1.54) is 24.3 Å². The summed E-state index contributed by atoms with van der Waals surface area (Å²) in [5.74, 6) is 0. The number of nitro benzene ring substituents is 1. The van der Waals surface area contributed by atoms with Crippen LogP contribution in [0.15, 0.2) is 59.5 Å². The van der Waals surface area contributed by atoms with Gasteiger partial charge in [0.25, 0.3) is 5.69 Å². The van der Waals surface area contributed by atoms with Crippen molar-refractivity contribution < 1.29 is 18.1 Å². The molecule has 0 aliphatic carbocycles. The van der Waals surface area contributed by atoms with Crippen LogP contribution in [0.25, 0.3) is 0 Å². The van der Waals surface area contributed by atoms with Crippen LogP contribution in [0.5, 0.6) is 0 Å². The molecule has 0 heterocycles. The van der Waals surface area contributed by atoms with Crippen molar-refractivity contribution in [1.82, 2.24) is 4.72 Å². The van der Waals surface area contributed by atoms with Gasteiger partial charge in [0.05, 0.1) is 22.5 Å². The average Bonchev–Trinajstić information content (AvgIpc) is 2.60. The summed E-state index contributed by atoms with van der Waals surface area (Å²) in [6.45, 7) is 3.98. The van der Waals surface area contributed by atoms with Gasteiger partial charge in [0, 0.05) is 18.2 Å². The normalized spacial score (nSPS) is 12.9. The van der Waals surface area contributed by atoms with Crippen LogP contribution in [0.4, 0.5) is 5.69 Å². The van der Waals surface area contributed by atoms with Crippen LogP contribution in [0, 0.1) is 10.1 Å². The Hall–Kier alpha value is -2.29. The quantitative estimate of drug-likeness (QED) is 0.534. The van der Waals surface area contributed by atoms with Crippen LogP contribution in [-0.4, -0.2) is 32.1 Å². The highest BCUT2D eigenvalue weighted by Gasteiger charge is 2.22. The molecule has 0 fully saturated rings.